The standard InChI is InChI=1S/C15H21NO2S/c1-12-4-2-3-5-14(12)19-11-15(18)16-8-6-13(10-17)7-9-16/h2-5,13,17H,6-11H2,1H3. The Morgan fingerprint density at radius 2 is 2.05 bits per heavy atom. The summed E-state index contributed by atoms with van der Waals surface area (Å²) in [5.74, 6) is 1.10. The smallest absolute Gasteiger partial charge is 0.232 e. The van der Waals surface area contributed by atoms with Crippen LogP contribution in [0.4, 0.5) is 0 Å². The number of aliphatic hydroxyl groups is 1. The number of carbonyl (C=O) groups excluding carboxylic acids is 1. The van der Waals surface area contributed by atoms with Gasteiger partial charge in [0.15, 0.2) is 0 Å². The minimum Gasteiger partial charge on any atom is -0.396 e. The van der Waals surface area contributed by atoms with Gasteiger partial charge in [-0.05, 0) is 37.3 Å². The summed E-state index contributed by atoms with van der Waals surface area (Å²) in [6.45, 7) is 3.90. The molecule has 0 aromatic heterocycles. The van der Waals surface area contributed by atoms with E-state index in [0.29, 0.717) is 11.7 Å². The van der Waals surface area contributed by atoms with E-state index in [2.05, 4.69) is 19.1 Å². The minimum absolute atomic E-state index is 0.213. The molecule has 0 radical (unpaired) electrons. The fourth-order valence-electron chi connectivity index (χ4n) is 2.31. The van der Waals surface area contributed by atoms with Crippen LogP contribution in [0.15, 0.2) is 29.2 Å². The van der Waals surface area contributed by atoms with Crippen molar-refractivity contribution in [2.24, 2.45) is 5.92 Å². The monoisotopic (exact) mass is 279 g/mol. The highest BCUT2D eigenvalue weighted by Gasteiger charge is 2.22. The highest BCUT2D eigenvalue weighted by atomic mass is 32.2. The van der Waals surface area contributed by atoms with Crippen molar-refractivity contribution in [2.45, 2.75) is 24.7 Å². The normalized spacial score (nSPS) is 16.6. The van der Waals surface area contributed by atoms with Gasteiger partial charge in [0, 0.05) is 24.6 Å². The van der Waals surface area contributed by atoms with E-state index in [1.165, 1.54) is 10.5 Å². The third kappa shape index (κ3) is 3.98. The van der Waals surface area contributed by atoms with Crippen LogP contribution in [0.25, 0.3) is 0 Å². The predicted octanol–water partition coefficient (Wildman–Crippen LogP) is 2.32. The number of rotatable bonds is 4. The summed E-state index contributed by atoms with van der Waals surface area (Å²) in [5, 5.41) is 9.09. The van der Waals surface area contributed by atoms with Gasteiger partial charge in [0.05, 0.1) is 5.75 Å². The molecule has 1 aliphatic heterocycles. The van der Waals surface area contributed by atoms with Gasteiger partial charge in [-0.1, -0.05) is 18.2 Å². The lowest BCUT2D eigenvalue weighted by Gasteiger charge is -2.31. The SMILES string of the molecule is Cc1ccccc1SCC(=O)N1CCC(CO)CC1. The Bertz CT molecular complexity index is 428. The van der Waals surface area contributed by atoms with Crippen LogP contribution < -0.4 is 0 Å². The van der Waals surface area contributed by atoms with Crippen LogP contribution in [-0.2, 0) is 4.79 Å². The summed E-state index contributed by atoms with van der Waals surface area (Å²) in [6, 6.07) is 8.15. The number of aryl methyl sites for hydroxylation is 1. The Morgan fingerprint density at radius 1 is 1.37 bits per heavy atom. The topological polar surface area (TPSA) is 40.5 Å². The Morgan fingerprint density at radius 3 is 2.68 bits per heavy atom. The van der Waals surface area contributed by atoms with Gasteiger partial charge in [-0.2, -0.15) is 0 Å². The van der Waals surface area contributed by atoms with Gasteiger partial charge in [0.1, 0.15) is 0 Å². The fraction of sp³-hybridized carbons (Fsp3) is 0.533. The first-order valence-corrected chi connectivity index (χ1v) is 7.76. The summed E-state index contributed by atoms with van der Waals surface area (Å²) in [5.41, 5.74) is 1.22. The Kier molecular flexibility index (Phi) is 5.28. The molecular weight excluding hydrogens is 258 g/mol. The molecule has 1 saturated heterocycles. The van der Waals surface area contributed by atoms with Crippen molar-refractivity contribution in [1.29, 1.82) is 0 Å². The highest BCUT2D eigenvalue weighted by molar-refractivity contribution is 8.00. The molecule has 1 amide bonds. The first-order valence-electron chi connectivity index (χ1n) is 6.77. The highest BCUT2D eigenvalue weighted by Crippen LogP contribution is 2.23. The molecule has 19 heavy (non-hydrogen) atoms. The number of nitrogens with zero attached hydrogens (tertiary/aromatic N) is 1. The van der Waals surface area contributed by atoms with E-state index in [9.17, 15) is 4.79 Å². The first kappa shape index (κ1) is 14.4. The van der Waals surface area contributed by atoms with Crippen molar-refractivity contribution >= 4 is 17.7 Å². The van der Waals surface area contributed by atoms with Crippen LogP contribution in [0.1, 0.15) is 18.4 Å². The zero-order valence-corrected chi connectivity index (χ0v) is 12.2. The minimum atomic E-state index is 0.213. The molecule has 1 N–H and O–H groups in total. The second-order valence-electron chi connectivity index (χ2n) is 5.06. The number of hydrogen-bond donors (Lipinski definition) is 1. The molecule has 1 heterocycles. The molecule has 0 unspecified atom stereocenters. The summed E-state index contributed by atoms with van der Waals surface area (Å²) in [6.07, 6.45) is 1.86. The van der Waals surface area contributed by atoms with E-state index in [0.717, 1.165) is 25.9 Å². The summed E-state index contributed by atoms with van der Waals surface area (Å²) in [7, 11) is 0. The lowest BCUT2D eigenvalue weighted by atomic mass is 9.98. The molecule has 1 aromatic carbocycles. The third-order valence-corrected chi connectivity index (χ3v) is 4.83. The summed E-state index contributed by atoms with van der Waals surface area (Å²) >= 11 is 1.61. The molecule has 2 rings (SSSR count). The van der Waals surface area contributed by atoms with Crippen LogP contribution in [0.3, 0.4) is 0 Å². The lowest BCUT2D eigenvalue weighted by molar-refractivity contribution is -0.129. The first-order chi connectivity index (χ1) is 9.20. The quantitative estimate of drug-likeness (QED) is 0.860. The van der Waals surface area contributed by atoms with Crippen LogP contribution in [-0.4, -0.2) is 41.4 Å². The van der Waals surface area contributed by atoms with Gasteiger partial charge in [-0.15, -0.1) is 11.8 Å². The average Bonchev–Trinajstić information content (AvgIpc) is 2.46. The summed E-state index contributed by atoms with van der Waals surface area (Å²) in [4.78, 5) is 15.2. The molecule has 4 heteroatoms. The zero-order chi connectivity index (χ0) is 13.7. The number of amides is 1. The van der Waals surface area contributed by atoms with Crippen molar-refractivity contribution in [1.82, 2.24) is 4.90 Å². The summed E-state index contributed by atoms with van der Waals surface area (Å²) < 4.78 is 0. The second-order valence-corrected chi connectivity index (χ2v) is 6.08. The molecule has 1 aromatic rings. The predicted molar refractivity (Wildman–Crippen MR) is 78.3 cm³/mol. The number of benzene rings is 1. The van der Waals surface area contributed by atoms with Crippen molar-refractivity contribution in [3.63, 3.8) is 0 Å². The van der Waals surface area contributed by atoms with E-state index in [4.69, 9.17) is 5.11 Å². The van der Waals surface area contributed by atoms with Gasteiger partial charge in [0.25, 0.3) is 0 Å². The molecule has 1 aliphatic rings. The molecule has 0 spiro atoms. The largest absolute Gasteiger partial charge is 0.396 e. The van der Waals surface area contributed by atoms with Crippen molar-refractivity contribution in [3.05, 3.63) is 29.8 Å². The van der Waals surface area contributed by atoms with Crippen LogP contribution in [0, 0.1) is 12.8 Å². The van der Waals surface area contributed by atoms with Crippen molar-refractivity contribution < 1.29 is 9.90 Å². The van der Waals surface area contributed by atoms with E-state index < -0.39 is 0 Å². The molecule has 0 bridgehead atoms. The molecular formula is C15H21NO2S. The number of piperidine rings is 1. The Balaban J connectivity index is 1.81. The zero-order valence-electron chi connectivity index (χ0n) is 11.3. The van der Waals surface area contributed by atoms with E-state index in [1.54, 1.807) is 11.8 Å². The molecule has 0 atom stereocenters. The number of carbonyl (C=O) groups is 1. The van der Waals surface area contributed by atoms with Gasteiger partial charge in [-0.25, -0.2) is 0 Å². The number of thioether (sulfide) groups is 1. The van der Waals surface area contributed by atoms with E-state index in [1.807, 2.05) is 17.0 Å². The maximum absolute atomic E-state index is 12.1. The van der Waals surface area contributed by atoms with Gasteiger partial charge < -0.3 is 10.0 Å². The van der Waals surface area contributed by atoms with E-state index in [-0.39, 0.29) is 12.5 Å². The van der Waals surface area contributed by atoms with E-state index >= 15 is 0 Å². The molecule has 0 aliphatic carbocycles. The number of hydrogen-bond acceptors (Lipinski definition) is 3. The van der Waals surface area contributed by atoms with Crippen LogP contribution in [0.2, 0.25) is 0 Å². The lowest BCUT2D eigenvalue weighted by Crippen LogP contribution is -2.40. The number of likely N-dealkylation sites (tertiary alicyclic amines) is 1. The fourth-order valence-corrected chi connectivity index (χ4v) is 3.25. The van der Waals surface area contributed by atoms with Gasteiger partial charge in [-0.3, -0.25) is 4.79 Å². The second kappa shape index (κ2) is 6.96. The maximum atomic E-state index is 12.1. The van der Waals surface area contributed by atoms with Gasteiger partial charge in [0.2, 0.25) is 5.91 Å². The Hall–Kier alpha value is -1.00. The van der Waals surface area contributed by atoms with Crippen LogP contribution >= 0.6 is 11.8 Å². The maximum Gasteiger partial charge on any atom is 0.232 e. The molecule has 0 saturated carbocycles. The Labute approximate surface area is 119 Å². The average molecular weight is 279 g/mol. The molecule has 3 nitrogen and oxygen atoms in total. The van der Waals surface area contributed by atoms with Crippen LogP contribution in [0.5, 0.6) is 0 Å². The molecule has 104 valence electrons. The number of aliphatic hydroxyl groups excluding tert-OH is 1. The van der Waals surface area contributed by atoms with Crippen molar-refractivity contribution in [3.8, 4) is 0 Å². The van der Waals surface area contributed by atoms with Gasteiger partial charge >= 0.3 is 0 Å². The molecule has 1 fully saturated rings. The third-order valence-electron chi connectivity index (χ3n) is 3.67. The van der Waals surface area contributed by atoms with Crippen molar-refractivity contribution in [2.75, 3.05) is 25.4 Å².